The van der Waals surface area contributed by atoms with E-state index in [1.807, 2.05) is 0 Å². The maximum absolute atomic E-state index is 5.39. The third kappa shape index (κ3) is 7.01. The van der Waals surface area contributed by atoms with Crippen LogP contribution in [0.5, 0.6) is 0 Å². The fourth-order valence-electron chi connectivity index (χ4n) is 2.30. The van der Waals surface area contributed by atoms with Gasteiger partial charge in [0.25, 0.3) is 0 Å². The van der Waals surface area contributed by atoms with Gasteiger partial charge in [-0.25, -0.2) is 0 Å². The molecule has 0 aliphatic heterocycles. The smallest absolute Gasteiger partial charge is 0.0861 e. The van der Waals surface area contributed by atoms with E-state index >= 15 is 0 Å². The minimum absolute atomic E-state index is 1.00. The molecule has 2 aromatic carbocycles. The standard InChI is InChI=1S/C22H26O/c1-19-9-13-21(14-10-19)7-3-5-17-23-18-6-4-8-22-15-11-20(2)12-16-22/h5-6,9-18H,3-4,7-8H2,1-2H3. The Morgan fingerprint density at radius 3 is 1.43 bits per heavy atom. The van der Waals surface area contributed by atoms with E-state index in [-0.39, 0.29) is 0 Å². The molecule has 0 heterocycles. The molecule has 1 nitrogen and oxygen atoms in total. The van der Waals surface area contributed by atoms with Gasteiger partial charge in [0.2, 0.25) is 0 Å². The zero-order valence-corrected chi connectivity index (χ0v) is 14.2. The SMILES string of the molecule is Cc1ccc(CCC=COC=CCCc2ccc(C)cc2)cc1. The van der Waals surface area contributed by atoms with Gasteiger partial charge in [-0.2, -0.15) is 0 Å². The van der Waals surface area contributed by atoms with E-state index < -0.39 is 0 Å². The first kappa shape index (κ1) is 17.1. The molecule has 23 heavy (non-hydrogen) atoms. The summed E-state index contributed by atoms with van der Waals surface area (Å²) in [5.74, 6) is 0. The Bertz CT molecular complexity index is 561. The predicted molar refractivity (Wildman–Crippen MR) is 98.4 cm³/mol. The zero-order chi connectivity index (χ0) is 16.3. The fraction of sp³-hybridized carbons (Fsp3) is 0.273. The Balaban J connectivity index is 1.57. The van der Waals surface area contributed by atoms with Crippen molar-refractivity contribution in [1.29, 1.82) is 0 Å². The molecule has 0 atom stereocenters. The second kappa shape index (κ2) is 9.68. The molecule has 0 bridgehead atoms. The van der Waals surface area contributed by atoms with Crippen molar-refractivity contribution < 1.29 is 4.74 Å². The lowest BCUT2D eigenvalue weighted by molar-refractivity contribution is 0.398. The molecule has 0 saturated carbocycles. The molecule has 0 saturated heterocycles. The predicted octanol–water partition coefficient (Wildman–Crippen LogP) is 5.91. The topological polar surface area (TPSA) is 9.23 Å². The van der Waals surface area contributed by atoms with Crippen LogP contribution in [-0.2, 0) is 17.6 Å². The van der Waals surface area contributed by atoms with Crippen LogP contribution in [0.1, 0.15) is 35.1 Å². The van der Waals surface area contributed by atoms with E-state index in [0.29, 0.717) is 0 Å². The van der Waals surface area contributed by atoms with Gasteiger partial charge in [-0.05, 0) is 62.8 Å². The van der Waals surface area contributed by atoms with Crippen molar-refractivity contribution in [2.24, 2.45) is 0 Å². The van der Waals surface area contributed by atoms with Crippen LogP contribution in [0.2, 0.25) is 0 Å². The molecule has 2 aromatic rings. The van der Waals surface area contributed by atoms with E-state index in [0.717, 1.165) is 25.7 Å². The molecule has 120 valence electrons. The quantitative estimate of drug-likeness (QED) is 0.551. The maximum Gasteiger partial charge on any atom is 0.0861 e. The van der Waals surface area contributed by atoms with Gasteiger partial charge in [0, 0.05) is 0 Å². The Morgan fingerprint density at radius 2 is 1.04 bits per heavy atom. The Hall–Kier alpha value is -2.28. The highest BCUT2D eigenvalue weighted by molar-refractivity contribution is 5.22. The second-order valence-corrected chi connectivity index (χ2v) is 5.93. The summed E-state index contributed by atoms with van der Waals surface area (Å²) in [5.41, 5.74) is 5.36. The number of rotatable bonds is 8. The summed E-state index contributed by atoms with van der Waals surface area (Å²) in [7, 11) is 0. The first-order chi connectivity index (χ1) is 11.2. The van der Waals surface area contributed by atoms with Crippen LogP contribution in [0.15, 0.2) is 73.2 Å². The highest BCUT2D eigenvalue weighted by Crippen LogP contribution is 2.07. The van der Waals surface area contributed by atoms with Crippen molar-refractivity contribution in [3.63, 3.8) is 0 Å². The van der Waals surface area contributed by atoms with E-state index in [9.17, 15) is 0 Å². The number of allylic oxidation sites excluding steroid dienone is 2. The molecule has 0 fully saturated rings. The minimum Gasteiger partial charge on any atom is -0.473 e. The molecule has 0 aliphatic rings. The molecule has 0 N–H and O–H groups in total. The fourth-order valence-corrected chi connectivity index (χ4v) is 2.30. The molecular formula is C22H26O. The molecule has 2 rings (SSSR count). The van der Waals surface area contributed by atoms with Crippen LogP contribution in [0, 0.1) is 13.8 Å². The van der Waals surface area contributed by atoms with Crippen LogP contribution in [0.25, 0.3) is 0 Å². The molecule has 1 heteroatoms. The highest BCUT2D eigenvalue weighted by atomic mass is 16.5. The monoisotopic (exact) mass is 306 g/mol. The minimum atomic E-state index is 1.00. The van der Waals surface area contributed by atoms with Gasteiger partial charge >= 0.3 is 0 Å². The van der Waals surface area contributed by atoms with Crippen molar-refractivity contribution in [3.05, 3.63) is 95.5 Å². The van der Waals surface area contributed by atoms with Gasteiger partial charge in [0.1, 0.15) is 0 Å². The van der Waals surface area contributed by atoms with Crippen LogP contribution in [-0.4, -0.2) is 0 Å². The average Bonchev–Trinajstić information content (AvgIpc) is 2.56. The number of hydrogen-bond donors (Lipinski definition) is 0. The Morgan fingerprint density at radius 1 is 0.652 bits per heavy atom. The third-order valence-corrected chi connectivity index (χ3v) is 3.79. The first-order valence-electron chi connectivity index (χ1n) is 8.30. The number of hydrogen-bond acceptors (Lipinski definition) is 1. The van der Waals surface area contributed by atoms with Crippen LogP contribution in [0.3, 0.4) is 0 Å². The lowest BCUT2D eigenvalue weighted by Gasteiger charge is -1.99. The van der Waals surface area contributed by atoms with Crippen molar-refractivity contribution in [3.8, 4) is 0 Å². The van der Waals surface area contributed by atoms with Gasteiger partial charge in [0.15, 0.2) is 0 Å². The molecule has 0 aromatic heterocycles. The summed E-state index contributed by atoms with van der Waals surface area (Å²) >= 11 is 0. The van der Waals surface area contributed by atoms with Gasteiger partial charge in [0.05, 0.1) is 12.5 Å². The summed E-state index contributed by atoms with van der Waals surface area (Å²) < 4.78 is 5.39. The lowest BCUT2D eigenvalue weighted by Crippen LogP contribution is -1.84. The highest BCUT2D eigenvalue weighted by Gasteiger charge is 1.91. The molecule has 0 radical (unpaired) electrons. The third-order valence-electron chi connectivity index (χ3n) is 3.79. The number of ether oxygens (including phenoxy) is 1. The van der Waals surface area contributed by atoms with E-state index in [1.165, 1.54) is 22.3 Å². The van der Waals surface area contributed by atoms with Crippen molar-refractivity contribution >= 4 is 0 Å². The molecule has 0 aliphatic carbocycles. The summed E-state index contributed by atoms with van der Waals surface area (Å²) in [6.07, 6.45) is 11.8. The molecule has 0 spiro atoms. The maximum atomic E-state index is 5.39. The van der Waals surface area contributed by atoms with Gasteiger partial charge in [-0.1, -0.05) is 59.7 Å². The normalized spacial score (nSPS) is 11.4. The van der Waals surface area contributed by atoms with Crippen molar-refractivity contribution in [1.82, 2.24) is 0 Å². The van der Waals surface area contributed by atoms with Gasteiger partial charge in [-0.3, -0.25) is 0 Å². The largest absolute Gasteiger partial charge is 0.473 e. The van der Waals surface area contributed by atoms with E-state index in [2.05, 4.69) is 74.5 Å². The summed E-state index contributed by atoms with van der Waals surface area (Å²) in [6.45, 7) is 4.23. The Kier molecular flexibility index (Phi) is 7.19. The summed E-state index contributed by atoms with van der Waals surface area (Å²) in [4.78, 5) is 0. The summed E-state index contributed by atoms with van der Waals surface area (Å²) in [5, 5.41) is 0. The van der Waals surface area contributed by atoms with Crippen LogP contribution in [0.4, 0.5) is 0 Å². The molecule has 0 unspecified atom stereocenters. The lowest BCUT2D eigenvalue weighted by atomic mass is 10.1. The zero-order valence-electron chi connectivity index (χ0n) is 14.2. The average molecular weight is 306 g/mol. The van der Waals surface area contributed by atoms with Gasteiger partial charge in [-0.15, -0.1) is 0 Å². The number of benzene rings is 2. The number of aryl methyl sites for hydroxylation is 4. The van der Waals surface area contributed by atoms with Gasteiger partial charge < -0.3 is 4.74 Å². The van der Waals surface area contributed by atoms with Crippen LogP contribution < -0.4 is 0 Å². The van der Waals surface area contributed by atoms with E-state index in [4.69, 9.17) is 4.74 Å². The second-order valence-electron chi connectivity index (χ2n) is 5.93. The van der Waals surface area contributed by atoms with E-state index in [1.54, 1.807) is 12.5 Å². The van der Waals surface area contributed by atoms with Crippen molar-refractivity contribution in [2.75, 3.05) is 0 Å². The van der Waals surface area contributed by atoms with Crippen LogP contribution >= 0.6 is 0 Å². The molecular weight excluding hydrogens is 280 g/mol. The Labute approximate surface area is 140 Å². The van der Waals surface area contributed by atoms with Crippen molar-refractivity contribution in [2.45, 2.75) is 39.5 Å². The summed E-state index contributed by atoms with van der Waals surface area (Å²) in [6, 6.07) is 17.4. The molecule has 0 amide bonds. The first-order valence-corrected chi connectivity index (χ1v) is 8.30.